The molecule has 1 aromatic carbocycles. The first-order chi connectivity index (χ1) is 15.6. The predicted octanol–water partition coefficient (Wildman–Crippen LogP) is 1.92. The minimum atomic E-state index is -1.28. The van der Waals surface area contributed by atoms with E-state index >= 15 is 0 Å². The maximum atomic E-state index is 12.8. The molecular weight excluding hydrogens is 442 g/mol. The minimum Gasteiger partial charge on any atom is -0.479 e. The van der Waals surface area contributed by atoms with Crippen LogP contribution in [0.25, 0.3) is 6.08 Å². The number of methoxy groups -OCH3 is 1. The van der Waals surface area contributed by atoms with Crippen LogP contribution in [0.2, 0.25) is 0 Å². The second kappa shape index (κ2) is 9.21. The second-order valence-electron chi connectivity index (χ2n) is 6.71. The van der Waals surface area contributed by atoms with Crippen LogP contribution in [-0.4, -0.2) is 52.0 Å². The normalized spacial score (nSPS) is 15.3. The van der Waals surface area contributed by atoms with E-state index in [2.05, 4.69) is 10.1 Å². The molecule has 2 N–H and O–H groups in total. The minimum absolute atomic E-state index is 0.00813. The Morgan fingerprint density at radius 1 is 1.30 bits per heavy atom. The Kier molecular flexibility index (Phi) is 6.42. The summed E-state index contributed by atoms with van der Waals surface area (Å²) in [6.07, 6.45) is -0.143. The molecule has 1 fully saturated rings. The molecular formula is C20H17N3O10. The molecule has 1 atom stereocenters. The number of esters is 1. The van der Waals surface area contributed by atoms with Crippen LogP contribution in [0.4, 0.5) is 10.5 Å². The van der Waals surface area contributed by atoms with Gasteiger partial charge in [-0.05, 0) is 31.2 Å². The summed E-state index contributed by atoms with van der Waals surface area (Å²) in [6, 6.07) is 5.31. The number of non-ortho nitro benzene ring substituents is 1. The molecule has 2 aromatic rings. The number of carbonyl (C=O) groups is 4. The molecule has 0 radical (unpaired) electrons. The maximum absolute atomic E-state index is 12.8. The number of nitrogens with zero attached hydrogens (tertiary/aromatic N) is 2. The van der Waals surface area contributed by atoms with E-state index in [-0.39, 0.29) is 40.8 Å². The van der Waals surface area contributed by atoms with Gasteiger partial charge in [-0.15, -0.1) is 0 Å². The molecule has 0 unspecified atom stereocenters. The van der Waals surface area contributed by atoms with E-state index in [9.17, 15) is 29.3 Å². The highest BCUT2D eigenvalue weighted by Gasteiger charge is 2.35. The summed E-state index contributed by atoms with van der Waals surface area (Å²) < 4.78 is 15.1. The van der Waals surface area contributed by atoms with Gasteiger partial charge in [-0.2, -0.15) is 0 Å². The molecule has 0 aliphatic carbocycles. The number of nitro benzene ring substituents is 1. The monoisotopic (exact) mass is 459 g/mol. The van der Waals surface area contributed by atoms with Gasteiger partial charge in [0.25, 0.3) is 11.6 Å². The lowest BCUT2D eigenvalue weighted by Crippen LogP contribution is -2.30. The topological polar surface area (TPSA) is 179 Å². The maximum Gasteiger partial charge on any atom is 0.373 e. The molecule has 1 aromatic heterocycles. The van der Waals surface area contributed by atoms with Crippen LogP contribution in [0, 0.1) is 10.1 Å². The number of nitrogens with one attached hydrogen (secondary N) is 1. The van der Waals surface area contributed by atoms with E-state index in [0.717, 1.165) is 23.1 Å². The summed E-state index contributed by atoms with van der Waals surface area (Å²) in [6.45, 7) is 0.962. The predicted molar refractivity (Wildman–Crippen MR) is 108 cm³/mol. The smallest absolute Gasteiger partial charge is 0.373 e. The Labute approximate surface area is 185 Å². The highest BCUT2D eigenvalue weighted by Crippen LogP contribution is 2.28. The summed E-state index contributed by atoms with van der Waals surface area (Å²) in [5, 5.41) is 22.5. The van der Waals surface area contributed by atoms with Crippen molar-refractivity contribution in [3.05, 3.63) is 63.2 Å². The van der Waals surface area contributed by atoms with Gasteiger partial charge in [0.15, 0.2) is 6.10 Å². The van der Waals surface area contributed by atoms with E-state index in [1.165, 1.54) is 32.2 Å². The summed E-state index contributed by atoms with van der Waals surface area (Å²) in [7, 11) is 1.17. The van der Waals surface area contributed by atoms with Gasteiger partial charge in [0, 0.05) is 17.7 Å². The average Bonchev–Trinajstić information content (AvgIpc) is 3.34. The molecule has 1 aliphatic heterocycles. The Bertz CT molecular complexity index is 1180. The van der Waals surface area contributed by atoms with Crippen LogP contribution < -0.4 is 10.1 Å². The lowest BCUT2D eigenvalue weighted by atomic mass is 10.1. The number of nitro groups is 1. The van der Waals surface area contributed by atoms with E-state index < -0.39 is 34.9 Å². The van der Waals surface area contributed by atoms with Gasteiger partial charge in [-0.25, -0.2) is 14.4 Å². The summed E-state index contributed by atoms with van der Waals surface area (Å²) >= 11 is 0. The number of urea groups is 1. The molecule has 13 nitrogen and oxygen atoms in total. The van der Waals surface area contributed by atoms with Gasteiger partial charge >= 0.3 is 18.0 Å². The van der Waals surface area contributed by atoms with Crippen LogP contribution in [0.3, 0.4) is 0 Å². The van der Waals surface area contributed by atoms with Crippen molar-refractivity contribution < 1.29 is 43.1 Å². The van der Waals surface area contributed by atoms with Gasteiger partial charge in [-0.1, -0.05) is 0 Å². The summed E-state index contributed by atoms with van der Waals surface area (Å²) in [5.74, 6) is -2.80. The van der Waals surface area contributed by atoms with Gasteiger partial charge in [0.1, 0.15) is 17.2 Å². The zero-order valence-corrected chi connectivity index (χ0v) is 17.3. The number of carboxylic acid groups (broad SMARTS) is 1. The standard InChI is InChI=1S/C20H17N3O10/c1-10(18(25)26)32-15-5-3-12(23(29)30)7-11(15)8-14-17(24)22(20(28)21-14)9-13-4-6-16(33-13)19(27)31-2/h3-8,10H,9H2,1-2H3,(H,21,28)(H,25,26)/b14-8-/t10-/m1/s1. The molecule has 13 heteroatoms. The first-order valence-corrected chi connectivity index (χ1v) is 9.30. The molecule has 33 heavy (non-hydrogen) atoms. The molecule has 2 heterocycles. The number of carboxylic acids is 1. The number of benzene rings is 1. The zero-order chi connectivity index (χ0) is 24.3. The molecule has 1 aliphatic rings. The third kappa shape index (κ3) is 4.98. The third-order valence-corrected chi connectivity index (χ3v) is 4.48. The van der Waals surface area contributed by atoms with Gasteiger partial charge in [0.2, 0.25) is 5.76 Å². The van der Waals surface area contributed by atoms with E-state index in [1.54, 1.807) is 0 Å². The van der Waals surface area contributed by atoms with E-state index in [4.69, 9.17) is 14.3 Å². The number of hydrogen-bond donors (Lipinski definition) is 2. The highest BCUT2D eigenvalue weighted by molar-refractivity contribution is 6.14. The fourth-order valence-electron chi connectivity index (χ4n) is 2.81. The van der Waals surface area contributed by atoms with Gasteiger partial charge < -0.3 is 24.3 Å². The Morgan fingerprint density at radius 2 is 2.03 bits per heavy atom. The lowest BCUT2D eigenvalue weighted by molar-refractivity contribution is -0.384. The Balaban J connectivity index is 1.89. The molecule has 172 valence electrons. The van der Waals surface area contributed by atoms with Crippen molar-refractivity contribution in [2.75, 3.05) is 7.11 Å². The average molecular weight is 459 g/mol. The van der Waals surface area contributed by atoms with Gasteiger partial charge in [0.05, 0.1) is 18.6 Å². The SMILES string of the molecule is COC(=O)c1ccc(CN2C(=O)N/C(=C\c3cc([N+](=O)[O-])ccc3O[C@H](C)C(=O)O)C2=O)o1. The quantitative estimate of drug-likeness (QED) is 0.195. The van der Waals surface area contributed by atoms with Crippen molar-refractivity contribution >= 4 is 35.6 Å². The molecule has 0 bridgehead atoms. The number of imide groups is 1. The molecule has 3 rings (SSSR count). The fourth-order valence-corrected chi connectivity index (χ4v) is 2.81. The van der Waals surface area contributed by atoms with Crippen molar-refractivity contribution in [2.24, 2.45) is 0 Å². The lowest BCUT2D eigenvalue weighted by Gasteiger charge is -2.13. The second-order valence-corrected chi connectivity index (χ2v) is 6.71. The third-order valence-electron chi connectivity index (χ3n) is 4.48. The van der Waals surface area contributed by atoms with Crippen LogP contribution in [0.15, 0.2) is 40.4 Å². The van der Waals surface area contributed by atoms with Crippen LogP contribution in [0.5, 0.6) is 5.75 Å². The van der Waals surface area contributed by atoms with Crippen molar-refractivity contribution in [1.29, 1.82) is 0 Å². The number of aliphatic carboxylic acids is 1. The van der Waals surface area contributed by atoms with Crippen molar-refractivity contribution in [3.63, 3.8) is 0 Å². The molecule has 1 saturated heterocycles. The molecule has 0 saturated carbocycles. The molecule has 3 amide bonds. The largest absolute Gasteiger partial charge is 0.479 e. The van der Waals surface area contributed by atoms with Gasteiger partial charge in [-0.3, -0.25) is 19.8 Å². The summed E-state index contributed by atoms with van der Waals surface area (Å²) in [5.41, 5.74) is -0.557. The number of amides is 3. The van der Waals surface area contributed by atoms with E-state index in [1.807, 2.05) is 0 Å². The first-order valence-electron chi connectivity index (χ1n) is 9.30. The summed E-state index contributed by atoms with van der Waals surface area (Å²) in [4.78, 5) is 58.9. The Morgan fingerprint density at radius 3 is 2.67 bits per heavy atom. The number of furan rings is 1. The number of rotatable bonds is 8. The molecule has 0 spiro atoms. The van der Waals surface area contributed by atoms with Crippen LogP contribution in [0.1, 0.15) is 28.8 Å². The highest BCUT2D eigenvalue weighted by atomic mass is 16.6. The Hall–Kier alpha value is -4.68. The zero-order valence-electron chi connectivity index (χ0n) is 17.3. The van der Waals surface area contributed by atoms with Crippen LogP contribution >= 0.6 is 0 Å². The fraction of sp³-hybridized carbons (Fsp3) is 0.200. The first kappa shape index (κ1) is 23.0. The van der Waals surface area contributed by atoms with Crippen molar-refractivity contribution in [3.8, 4) is 5.75 Å². The number of ether oxygens (including phenoxy) is 2. The van der Waals surface area contributed by atoms with Crippen molar-refractivity contribution in [2.45, 2.75) is 19.6 Å². The number of carbonyl (C=O) groups excluding carboxylic acids is 3. The number of hydrogen-bond acceptors (Lipinski definition) is 9. The van der Waals surface area contributed by atoms with Crippen molar-refractivity contribution in [1.82, 2.24) is 10.2 Å². The van der Waals surface area contributed by atoms with Crippen LogP contribution in [-0.2, 0) is 20.9 Å². The van der Waals surface area contributed by atoms with E-state index in [0.29, 0.717) is 0 Å².